The molecule has 0 saturated heterocycles. The van der Waals surface area contributed by atoms with Crippen LogP contribution in [0.1, 0.15) is 24.3 Å². The summed E-state index contributed by atoms with van der Waals surface area (Å²) in [7, 11) is 0. The van der Waals surface area contributed by atoms with E-state index in [1.54, 1.807) is 18.2 Å². The Morgan fingerprint density at radius 2 is 1.93 bits per heavy atom. The topological polar surface area (TPSA) is 40.5 Å². The first-order valence-electron chi connectivity index (χ1n) is 4.75. The zero-order chi connectivity index (χ0) is 10.4. The van der Waals surface area contributed by atoms with E-state index in [0.717, 1.165) is 0 Å². The molecule has 1 rings (SSSR count). The lowest BCUT2D eigenvalue weighted by Crippen LogP contribution is -2.07. The standard InChI is InChI=1S/C11H15FO2/c12-11-6-2-1-5-10(11)9(8-14)4-3-7-13/h1-2,5-6,9,13-14H,3-4,7-8H2/t9-/m0/s1. The van der Waals surface area contributed by atoms with Crippen molar-refractivity contribution in [2.24, 2.45) is 0 Å². The van der Waals surface area contributed by atoms with E-state index in [1.165, 1.54) is 6.07 Å². The second kappa shape index (κ2) is 5.73. The maximum Gasteiger partial charge on any atom is 0.126 e. The van der Waals surface area contributed by atoms with Gasteiger partial charge in [0.25, 0.3) is 0 Å². The Balaban J connectivity index is 2.73. The number of benzene rings is 1. The minimum absolute atomic E-state index is 0.0744. The lowest BCUT2D eigenvalue weighted by atomic mass is 9.95. The summed E-state index contributed by atoms with van der Waals surface area (Å²) in [6.45, 7) is -0.00805. The number of hydrogen-bond acceptors (Lipinski definition) is 2. The van der Waals surface area contributed by atoms with E-state index in [9.17, 15) is 4.39 Å². The number of halogens is 1. The molecule has 0 aliphatic heterocycles. The molecule has 2 N–H and O–H groups in total. The average molecular weight is 198 g/mol. The summed E-state index contributed by atoms with van der Waals surface area (Å²) in [6.07, 6.45) is 1.19. The monoisotopic (exact) mass is 198 g/mol. The van der Waals surface area contributed by atoms with Crippen LogP contribution in [0.2, 0.25) is 0 Å². The molecule has 14 heavy (non-hydrogen) atoms. The first-order valence-corrected chi connectivity index (χ1v) is 4.75. The fourth-order valence-electron chi connectivity index (χ4n) is 1.49. The summed E-state index contributed by atoms with van der Waals surface area (Å²) in [6, 6.07) is 6.43. The van der Waals surface area contributed by atoms with Crippen molar-refractivity contribution >= 4 is 0 Å². The van der Waals surface area contributed by atoms with Crippen molar-refractivity contribution < 1.29 is 14.6 Å². The van der Waals surface area contributed by atoms with Gasteiger partial charge in [-0.05, 0) is 24.5 Å². The summed E-state index contributed by atoms with van der Waals surface area (Å²) in [5.41, 5.74) is 0.531. The largest absolute Gasteiger partial charge is 0.396 e. The maximum absolute atomic E-state index is 13.3. The van der Waals surface area contributed by atoms with Gasteiger partial charge in [-0.25, -0.2) is 4.39 Å². The van der Waals surface area contributed by atoms with E-state index >= 15 is 0 Å². The van der Waals surface area contributed by atoms with E-state index in [1.807, 2.05) is 0 Å². The molecule has 0 bridgehead atoms. The Labute approximate surface area is 83.0 Å². The van der Waals surface area contributed by atoms with Gasteiger partial charge in [-0.3, -0.25) is 0 Å². The molecule has 0 heterocycles. The Bertz CT molecular complexity index is 276. The second-order valence-corrected chi connectivity index (χ2v) is 3.27. The van der Waals surface area contributed by atoms with Gasteiger partial charge in [0.2, 0.25) is 0 Å². The molecule has 2 nitrogen and oxygen atoms in total. The van der Waals surface area contributed by atoms with Gasteiger partial charge in [0.05, 0.1) is 6.61 Å². The van der Waals surface area contributed by atoms with Crippen LogP contribution >= 0.6 is 0 Å². The van der Waals surface area contributed by atoms with Crippen LogP contribution in [-0.2, 0) is 0 Å². The van der Waals surface area contributed by atoms with Gasteiger partial charge in [-0.1, -0.05) is 18.2 Å². The van der Waals surface area contributed by atoms with Gasteiger partial charge in [-0.2, -0.15) is 0 Å². The van der Waals surface area contributed by atoms with Gasteiger partial charge in [0.1, 0.15) is 5.82 Å². The molecule has 78 valence electrons. The molecule has 3 heteroatoms. The number of aliphatic hydroxyl groups is 2. The van der Waals surface area contributed by atoms with Crippen LogP contribution < -0.4 is 0 Å². The first kappa shape index (κ1) is 11.1. The van der Waals surface area contributed by atoms with Crippen molar-refractivity contribution in [1.29, 1.82) is 0 Å². The fraction of sp³-hybridized carbons (Fsp3) is 0.455. The molecule has 0 radical (unpaired) electrons. The summed E-state index contributed by atoms with van der Waals surface area (Å²) in [4.78, 5) is 0. The molecule has 1 aromatic rings. The van der Waals surface area contributed by atoms with E-state index in [0.29, 0.717) is 18.4 Å². The quantitative estimate of drug-likeness (QED) is 0.755. The minimum atomic E-state index is -0.288. The normalized spacial score (nSPS) is 12.8. The molecule has 1 atom stereocenters. The lowest BCUT2D eigenvalue weighted by molar-refractivity contribution is 0.234. The molecule has 0 fully saturated rings. The molecule has 0 spiro atoms. The zero-order valence-corrected chi connectivity index (χ0v) is 7.99. The van der Waals surface area contributed by atoms with Crippen molar-refractivity contribution in [2.45, 2.75) is 18.8 Å². The molecule has 0 aromatic heterocycles. The van der Waals surface area contributed by atoms with Gasteiger partial charge < -0.3 is 10.2 Å². The van der Waals surface area contributed by atoms with E-state index in [4.69, 9.17) is 10.2 Å². The highest BCUT2D eigenvalue weighted by Gasteiger charge is 2.13. The SMILES string of the molecule is OCCC[C@@H](CO)c1ccccc1F. The second-order valence-electron chi connectivity index (χ2n) is 3.27. The summed E-state index contributed by atoms with van der Waals surface area (Å²) >= 11 is 0. The fourth-order valence-corrected chi connectivity index (χ4v) is 1.49. The van der Waals surface area contributed by atoms with Gasteiger partial charge in [0, 0.05) is 12.5 Å². The lowest BCUT2D eigenvalue weighted by Gasteiger charge is -2.14. The molecule has 0 aliphatic rings. The maximum atomic E-state index is 13.3. The molecule has 0 unspecified atom stereocenters. The Hall–Kier alpha value is -0.930. The van der Waals surface area contributed by atoms with Crippen LogP contribution in [0.15, 0.2) is 24.3 Å². The Kier molecular flexibility index (Phi) is 4.56. The van der Waals surface area contributed by atoms with Gasteiger partial charge >= 0.3 is 0 Å². The highest BCUT2D eigenvalue weighted by molar-refractivity contribution is 5.21. The zero-order valence-electron chi connectivity index (χ0n) is 7.99. The van der Waals surface area contributed by atoms with Crippen LogP contribution in [0.4, 0.5) is 4.39 Å². The number of aliphatic hydroxyl groups excluding tert-OH is 2. The predicted molar refractivity (Wildman–Crippen MR) is 52.5 cm³/mol. The highest BCUT2D eigenvalue weighted by atomic mass is 19.1. The van der Waals surface area contributed by atoms with E-state index in [2.05, 4.69) is 0 Å². The van der Waals surface area contributed by atoms with Crippen molar-refractivity contribution in [3.63, 3.8) is 0 Å². The average Bonchev–Trinajstić information content (AvgIpc) is 2.21. The highest BCUT2D eigenvalue weighted by Crippen LogP contribution is 2.22. The molecule has 0 saturated carbocycles. The smallest absolute Gasteiger partial charge is 0.126 e. The van der Waals surface area contributed by atoms with Crippen molar-refractivity contribution in [1.82, 2.24) is 0 Å². The third-order valence-electron chi connectivity index (χ3n) is 2.28. The predicted octanol–water partition coefficient (Wildman–Crippen LogP) is 1.67. The van der Waals surface area contributed by atoms with Crippen molar-refractivity contribution in [3.05, 3.63) is 35.6 Å². The Morgan fingerprint density at radius 3 is 2.50 bits per heavy atom. The van der Waals surface area contributed by atoms with Crippen LogP contribution in [0.25, 0.3) is 0 Å². The minimum Gasteiger partial charge on any atom is -0.396 e. The van der Waals surface area contributed by atoms with Crippen LogP contribution in [-0.4, -0.2) is 23.4 Å². The third kappa shape index (κ3) is 2.79. The van der Waals surface area contributed by atoms with E-state index in [-0.39, 0.29) is 24.9 Å². The van der Waals surface area contributed by atoms with Crippen LogP contribution in [0.5, 0.6) is 0 Å². The first-order chi connectivity index (χ1) is 6.79. The van der Waals surface area contributed by atoms with Crippen LogP contribution in [0.3, 0.4) is 0 Å². The van der Waals surface area contributed by atoms with Gasteiger partial charge in [0.15, 0.2) is 0 Å². The molecule has 0 aliphatic carbocycles. The number of rotatable bonds is 5. The van der Waals surface area contributed by atoms with Crippen molar-refractivity contribution in [2.75, 3.05) is 13.2 Å². The summed E-state index contributed by atoms with van der Waals surface area (Å²) in [5.74, 6) is -0.493. The van der Waals surface area contributed by atoms with Crippen molar-refractivity contribution in [3.8, 4) is 0 Å². The Morgan fingerprint density at radius 1 is 1.21 bits per heavy atom. The molecule has 0 amide bonds. The van der Waals surface area contributed by atoms with Crippen LogP contribution in [0, 0.1) is 5.82 Å². The summed E-state index contributed by atoms with van der Waals surface area (Å²) in [5, 5.41) is 17.7. The van der Waals surface area contributed by atoms with Gasteiger partial charge in [-0.15, -0.1) is 0 Å². The summed E-state index contributed by atoms with van der Waals surface area (Å²) < 4.78 is 13.3. The van der Waals surface area contributed by atoms with E-state index < -0.39 is 0 Å². The number of hydrogen-bond donors (Lipinski definition) is 2. The third-order valence-corrected chi connectivity index (χ3v) is 2.28. The molecular formula is C11H15FO2. The molecule has 1 aromatic carbocycles. The molecular weight excluding hydrogens is 183 g/mol.